The van der Waals surface area contributed by atoms with Gasteiger partial charge < -0.3 is 15.8 Å². The summed E-state index contributed by atoms with van der Waals surface area (Å²) in [5, 5.41) is 5.90. The molecule has 1 amide bonds. The average Bonchev–Trinajstić information content (AvgIpc) is 3.29. The van der Waals surface area contributed by atoms with Crippen LogP contribution in [-0.4, -0.2) is 23.5 Å². The van der Waals surface area contributed by atoms with Crippen LogP contribution >= 0.6 is 22.7 Å². The van der Waals surface area contributed by atoms with Gasteiger partial charge in [-0.2, -0.15) is 0 Å². The maximum atomic E-state index is 13.1. The number of pyridine rings is 1. The molecule has 0 atom stereocenters. The van der Waals surface area contributed by atoms with E-state index < -0.39 is 5.97 Å². The Morgan fingerprint density at radius 3 is 2.58 bits per heavy atom. The van der Waals surface area contributed by atoms with E-state index in [0.717, 1.165) is 27.8 Å². The molecule has 0 saturated carbocycles. The highest BCUT2D eigenvalue weighted by Gasteiger charge is 2.25. The number of esters is 1. The predicted octanol–water partition coefficient (Wildman–Crippen LogP) is 5.65. The Balaban J connectivity index is 1.72. The first-order valence-electron chi connectivity index (χ1n) is 9.71. The molecular formula is C23H21N3O3S2. The van der Waals surface area contributed by atoms with E-state index in [0.29, 0.717) is 26.0 Å². The molecule has 31 heavy (non-hydrogen) atoms. The summed E-state index contributed by atoms with van der Waals surface area (Å²) in [6.45, 7) is 5.88. The van der Waals surface area contributed by atoms with Crippen LogP contribution in [0.3, 0.4) is 0 Å². The second-order valence-electron chi connectivity index (χ2n) is 7.04. The van der Waals surface area contributed by atoms with Crippen LogP contribution in [0.1, 0.15) is 38.2 Å². The minimum Gasteiger partial charge on any atom is -0.462 e. The van der Waals surface area contributed by atoms with E-state index in [1.165, 1.54) is 22.7 Å². The normalized spacial score (nSPS) is 10.9. The number of rotatable bonds is 5. The van der Waals surface area contributed by atoms with Crippen LogP contribution in [0.15, 0.2) is 41.8 Å². The van der Waals surface area contributed by atoms with Crippen molar-refractivity contribution in [2.24, 2.45) is 0 Å². The van der Waals surface area contributed by atoms with Crippen molar-refractivity contribution in [3.8, 4) is 11.1 Å². The van der Waals surface area contributed by atoms with E-state index in [1.807, 2.05) is 55.6 Å². The molecule has 0 radical (unpaired) electrons. The van der Waals surface area contributed by atoms with Crippen LogP contribution in [0.5, 0.6) is 0 Å². The number of ether oxygens (including phenoxy) is 1. The summed E-state index contributed by atoms with van der Waals surface area (Å²) in [6.07, 6.45) is 0. The molecule has 0 unspecified atom stereocenters. The number of carbonyl (C=O) groups excluding carboxylic acids is 2. The molecule has 158 valence electrons. The number of benzene rings is 1. The zero-order valence-electron chi connectivity index (χ0n) is 17.3. The van der Waals surface area contributed by atoms with Crippen molar-refractivity contribution in [3.05, 3.63) is 63.5 Å². The molecule has 0 spiro atoms. The molecule has 1 aromatic carbocycles. The number of nitrogens with one attached hydrogen (secondary N) is 1. The Kier molecular flexibility index (Phi) is 5.75. The Labute approximate surface area is 187 Å². The van der Waals surface area contributed by atoms with Crippen LogP contribution in [-0.2, 0) is 4.74 Å². The lowest BCUT2D eigenvalue weighted by Gasteiger charge is -2.09. The first-order chi connectivity index (χ1) is 14.9. The van der Waals surface area contributed by atoms with E-state index >= 15 is 0 Å². The molecule has 0 aliphatic carbocycles. The Bertz CT molecular complexity index is 1290. The summed E-state index contributed by atoms with van der Waals surface area (Å²) in [6, 6.07) is 11.6. The standard InChI is InChI=1S/C23H21N3O3S2/c1-4-29-23(28)17-16(14-8-5-12(2)6-9-14)11-30-22(17)26-20(27)19-18(24)15-10-7-13(3)25-21(15)31-19/h5-11H,4,24H2,1-3H3,(H,26,27). The average molecular weight is 452 g/mol. The van der Waals surface area contributed by atoms with Gasteiger partial charge in [0.05, 0.1) is 12.3 Å². The van der Waals surface area contributed by atoms with Crippen molar-refractivity contribution in [1.82, 2.24) is 4.98 Å². The fraction of sp³-hybridized carbons (Fsp3) is 0.174. The number of thiophene rings is 2. The third kappa shape index (κ3) is 4.04. The zero-order valence-corrected chi connectivity index (χ0v) is 18.9. The first kappa shape index (κ1) is 21.0. The third-order valence-corrected chi connectivity index (χ3v) is 6.81. The van der Waals surface area contributed by atoms with Crippen molar-refractivity contribution in [2.45, 2.75) is 20.8 Å². The van der Waals surface area contributed by atoms with Crippen molar-refractivity contribution >= 4 is 55.5 Å². The third-order valence-electron chi connectivity index (χ3n) is 4.80. The van der Waals surface area contributed by atoms with E-state index in [9.17, 15) is 9.59 Å². The number of carbonyl (C=O) groups is 2. The summed E-state index contributed by atoms with van der Waals surface area (Å²) < 4.78 is 5.27. The van der Waals surface area contributed by atoms with Crippen molar-refractivity contribution in [2.75, 3.05) is 17.7 Å². The molecule has 3 aromatic heterocycles. The molecule has 4 aromatic rings. The maximum Gasteiger partial charge on any atom is 0.341 e. The smallest absolute Gasteiger partial charge is 0.341 e. The van der Waals surface area contributed by atoms with Gasteiger partial charge >= 0.3 is 5.97 Å². The number of anilines is 2. The molecular weight excluding hydrogens is 430 g/mol. The van der Waals surface area contributed by atoms with Gasteiger partial charge in [-0.1, -0.05) is 29.8 Å². The fourth-order valence-electron chi connectivity index (χ4n) is 3.22. The largest absolute Gasteiger partial charge is 0.462 e. The van der Waals surface area contributed by atoms with E-state index in [-0.39, 0.29) is 12.5 Å². The van der Waals surface area contributed by atoms with Gasteiger partial charge in [-0.3, -0.25) is 4.79 Å². The summed E-state index contributed by atoms with van der Waals surface area (Å²) in [4.78, 5) is 31.3. The second-order valence-corrected chi connectivity index (χ2v) is 8.92. The highest BCUT2D eigenvalue weighted by atomic mass is 32.1. The molecule has 4 rings (SSSR count). The lowest BCUT2D eigenvalue weighted by molar-refractivity contribution is 0.0529. The van der Waals surface area contributed by atoms with Gasteiger partial charge in [-0.25, -0.2) is 9.78 Å². The highest BCUT2D eigenvalue weighted by Crippen LogP contribution is 2.38. The van der Waals surface area contributed by atoms with Crippen LogP contribution in [0.2, 0.25) is 0 Å². The summed E-state index contributed by atoms with van der Waals surface area (Å²) in [7, 11) is 0. The van der Waals surface area contributed by atoms with E-state index in [4.69, 9.17) is 10.5 Å². The molecule has 3 N–H and O–H groups in total. The zero-order chi connectivity index (χ0) is 22.1. The van der Waals surface area contributed by atoms with Gasteiger partial charge in [0, 0.05) is 22.0 Å². The summed E-state index contributed by atoms with van der Waals surface area (Å²) >= 11 is 2.52. The Morgan fingerprint density at radius 1 is 1.13 bits per heavy atom. The molecule has 0 aliphatic rings. The summed E-state index contributed by atoms with van der Waals surface area (Å²) in [5.74, 6) is -0.850. The maximum absolute atomic E-state index is 13.1. The van der Waals surface area contributed by atoms with E-state index in [2.05, 4.69) is 10.3 Å². The van der Waals surface area contributed by atoms with Gasteiger partial charge in [0.1, 0.15) is 20.3 Å². The number of hydrogen-bond donors (Lipinski definition) is 2. The van der Waals surface area contributed by atoms with Crippen LogP contribution in [0.25, 0.3) is 21.3 Å². The van der Waals surface area contributed by atoms with Gasteiger partial charge in [0.25, 0.3) is 5.91 Å². The molecule has 0 bridgehead atoms. The minimum absolute atomic E-state index is 0.240. The lowest BCUT2D eigenvalue weighted by atomic mass is 10.0. The first-order valence-corrected chi connectivity index (χ1v) is 11.4. The molecule has 8 heteroatoms. The van der Waals surface area contributed by atoms with Crippen molar-refractivity contribution in [3.63, 3.8) is 0 Å². The van der Waals surface area contributed by atoms with Crippen molar-refractivity contribution < 1.29 is 14.3 Å². The second kappa shape index (κ2) is 8.49. The minimum atomic E-state index is -0.476. The number of nitrogens with zero attached hydrogens (tertiary/aromatic N) is 1. The number of nitrogen functional groups attached to an aromatic ring is 1. The van der Waals surface area contributed by atoms with Crippen LogP contribution in [0.4, 0.5) is 10.7 Å². The predicted molar refractivity (Wildman–Crippen MR) is 127 cm³/mol. The molecule has 0 fully saturated rings. The number of fused-ring (bicyclic) bond motifs is 1. The monoisotopic (exact) mass is 451 g/mol. The molecule has 6 nitrogen and oxygen atoms in total. The fourth-order valence-corrected chi connectivity index (χ4v) is 5.21. The molecule has 0 saturated heterocycles. The molecule has 0 aliphatic heterocycles. The van der Waals surface area contributed by atoms with Gasteiger partial charge in [0.2, 0.25) is 0 Å². The summed E-state index contributed by atoms with van der Waals surface area (Å²) in [5.41, 5.74) is 10.5. The molecule has 3 heterocycles. The Hall–Kier alpha value is -3.23. The lowest BCUT2D eigenvalue weighted by Crippen LogP contribution is -2.14. The number of nitrogens with two attached hydrogens (primary N) is 1. The number of aromatic nitrogens is 1. The van der Waals surface area contributed by atoms with Crippen molar-refractivity contribution in [1.29, 1.82) is 0 Å². The van der Waals surface area contributed by atoms with Gasteiger partial charge in [-0.05, 0) is 38.5 Å². The van der Waals surface area contributed by atoms with Crippen LogP contribution in [0, 0.1) is 13.8 Å². The Morgan fingerprint density at radius 2 is 1.87 bits per heavy atom. The number of amides is 1. The van der Waals surface area contributed by atoms with Gasteiger partial charge in [0.15, 0.2) is 0 Å². The number of aryl methyl sites for hydroxylation is 2. The number of hydrogen-bond acceptors (Lipinski definition) is 7. The van der Waals surface area contributed by atoms with Crippen LogP contribution < -0.4 is 11.1 Å². The highest BCUT2D eigenvalue weighted by molar-refractivity contribution is 7.21. The van der Waals surface area contributed by atoms with E-state index in [1.54, 1.807) is 6.92 Å². The quantitative estimate of drug-likeness (QED) is 0.382. The van der Waals surface area contributed by atoms with Gasteiger partial charge in [-0.15, -0.1) is 22.7 Å². The topological polar surface area (TPSA) is 94.3 Å². The SMILES string of the molecule is CCOC(=O)c1c(-c2ccc(C)cc2)csc1NC(=O)c1sc2nc(C)ccc2c1N.